The van der Waals surface area contributed by atoms with Crippen LogP contribution in [0.15, 0.2) is 24.3 Å². The van der Waals surface area contributed by atoms with Gasteiger partial charge in [0.15, 0.2) is 11.5 Å². The summed E-state index contributed by atoms with van der Waals surface area (Å²) in [6, 6.07) is 7.55. The monoisotopic (exact) mass is 354 g/mol. The summed E-state index contributed by atoms with van der Waals surface area (Å²) >= 11 is 0. The lowest BCUT2D eigenvalue weighted by Gasteiger charge is -2.19. The van der Waals surface area contributed by atoms with Crippen molar-refractivity contribution in [3.05, 3.63) is 35.8 Å². The molecule has 2 aliphatic rings. The fourth-order valence-electron chi connectivity index (χ4n) is 3.35. The molecular formula is C19H22N4O3. The minimum Gasteiger partial charge on any atom is -0.486 e. The number of aryl methyl sites for hydroxylation is 1. The normalized spacial score (nSPS) is 16.3. The molecule has 136 valence electrons. The number of nitrogens with zero attached hydrogens (tertiary/aromatic N) is 2. The van der Waals surface area contributed by atoms with Gasteiger partial charge in [-0.05, 0) is 31.9 Å². The number of benzene rings is 1. The van der Waals surface area contributed by atoms with Crippen LogP contribution in [-0.4, -0.2) is 35.1 Å². The Hall–Kier alpha value is -2.83. The predicted octanol–water partition coefficient (Wildman–Crippen LogP) is 2.97. The maximum atomic E-state index is 12.5. The number of hydrogen-bond donors (Lipinski definition) is 2. The van der Waals surface area contributed by atoms with E-state index in [1.165, 1.54) is 12.8 Å². The lowest BCUT2D eigenvalue weighted by atomic mass is 10.2. The Kier molecular flexibility index (Phi) is 4.60. The van der Waals surface area contributed by atoms with Gasteiger partial charge in [0.25, 0.3) is 5.91 Å². The quantitative estimate of drug-likeness (QED) is 0.878. The van der Waals surface area contributed by atoms with Crippen LogP contribution in [0.1, 0.15) is 42.0 Å². The van der Waals surface area contributed by atoms with Gasteiger partial charge >= 0.3 is 0 Å². The fraction of sp³-hybridized carbons (Fsp3) is 0.421. The van der Waals surface area contributed by atoms with Gasteiger partial charge in [-0.1, -0.05) is 12.8 Å². The van der Waals surface area contributed by atoms with Crippen LogP contribution >= 0.6 is 0 Å². The topological polar surface area (TPSA) is 85.4 Å². The molecule has 2 N–H and O–H groups in total. The molecule has 1 saturated carbocycles. The van der Waals surface area contributed by atoms with Crippen LogP contribution in [0.4, 0.5) is 11.5 Å². The smallest absolute Gasteiger partial charge is 0.270 e. The second-order valence-electron chi connectivity index (χ2n) is 6.62. The number of rotatable bonds is 4. The number of carbonyl (C=O) groups excluding carboxylic acids is 1. The summed E-state index contributed by atoms with van der Waals surface area (Å²) in [5.74, 6) is 2.41. The fourth-order valence-corrected chi connectivity index (χ4v) is 3.35. The average Bonchev–Trinajstić information content (AvgIpc) is 3.14. The number of fused-ring (bicyclic) bond motifs is 1. The first-order valence-corrected chi connectivity index (χ1v) is 9.00. The van der Waals surface area contributed by atoms with Crippen molar-refractivity contribution >= 4 is 17.4 Å². The highest BCUT2D eigenvalue weighted by Crippen LogP contribution is 2.33. The van der Waals surface area contributed by atoms with Crippen molar-refractivity contribution in [3.63, 3.8) is 0 Å². The maximum absolute atomic E-state index is 12.5. The van der Waals surface area contributed by atoms with Gasteiger partial charge in [0.2, 0.25) is 0 Å². The summed E-state index contributed by atoms with van der Waals surface area (Å²) in [6.07, 6.45) is 4.42. The van der Waals surface area contributed by atoms with E-state index in [1.807, 2.05) is 18.2 Å². The molecule has 0 bridgehead atoms. The third-order valence-corrected chi connectivity index (χ3v) is 4.58. The molecule has 1 fully saturated rings. The molecule has 2 aromatic rings. The lowest BCUT2D eigenvalue weighted by Crippen LogP contribution is -2.33. The third kappa shape index (κ3) is 3.71. The molecule has 2 heterocycles. The summed E-state index contributed by atoms with van der Waals surface area (Å²) in [4.78, 5) is 21.1. The van der Waals surface area contributed by atoms with Crippen LogP contribution < -0.4 is 20.1 Å². The molecule has 1 aromatic heterocycles. The van der Waals surface area contributed by atoms with Gasteiger partial charge in [-0.25, -0.2) is 9.97 Å². The second-order valence-corrected chi connectivity index (χ2v) is 6.62. The highest BCUT2D eigenvalue weighted by Gasteiger charge is 2.19. The van der Waals surface area contributed by atoms with Gasteiger partial charge in [-0.15, -0.1) is 0 Å². The second kappa shape index (κ2) is 7.19. The van der Waals surface area contributed by atoms with E-state index in [0.29, 0.717) is 36.3 Å². The number of amides is 1. The Bertz CT molecular complexity index is 818. The van der Waals surface area contributed by atoms with Crippen molar-refractivity contribution in [1.29, 1.82) is 0 Å². The summed E-state index contributed by atoms with van der Waals surface area (Å²) < 4.78 is 11.1. The van der Waals surface area contributed by atoms with Gasteiger partial charge in [0, 0.05) is 23.9 Å². The number of anilines is 2. The Morgan fingerprint density at radius 2 is 1.85 bits per heavy atom. The lowest BCUT2D eigenvalue weighted by molar-refractivity contribution is 0.0932. The highest BCUT2D eigenvalue weighted by atomic mass is 16.6. The summed E-state index contributed by atoms with van der Waals surface area (Å²) in [5.41, 5.74) is 1.19. The van der Waals surface area contributed by atoms with Crippen LogP contribution in [0, 0.1) is 6.92 Å². The van der Waals surface area contributed by atoms with E-state index in [-0.39, 0.29) is 11.9 Å². The van der Waals surface area contributed by atoms with E-state index in [4.69, 9.17) is 9.47 Å². The molecule has 0 unspecified atom stereocenters. The standard InChI is InChI=1S/C19H22N4O3/c1-12-20-15(19(24)23-13-4-2-3-5-13)11-18(21-12)22-14-6-7-16-17(10-14)26-9-8-25-16/h6-7,10-11,13H,2-5,8-9H2,1H3,(H,23,24)(H,20,21,22). The van der Waals surface area contributed by atoms with Crippen LogP contribution in [-0.2, 0) is 0 Å². The van der Waals surface area contributed by atoms with Gasteiger partial charge < -0.3 is 20.1 Å². The van der Waals surface area contributed by atoms with E-state index < -0.39 is 0 Å². The molecule has 0 saturated heterocycles. The minimum atomic E-state index is -0.146. The Balaban J connectivity index is 1.51. The molecule has 1 aliphatic carbocycles. The first-order chi connectivity index (χ1) is 12.7. The van der Waals surface area contributed by atoms with E-state index in [9.17, 15) is 4.79 Å². The number of carbonyl (C=O) groups is 1. The number of hydrogen-bond acceptors (Lipinski definition) is 6. The molecule has 4 rings (SSSR count). The maximum Gasteiger partial charge on any atom is 0.270 e. The summed E-state index contributed by atoms with van der Waals surface area (Å²) in [7, 11) is 0. The Morgan fingerprint density at radius 1 is 1.08 bits per heavy atom. The van der Waals surface area contributed by atoms with Crippen molar-refractivity contribution in [3.8, 4) is 11.5 Å². The molecule has 0 atom stereocenters. The number of aromatic nitrogens is 2. The van der Waals surface area contributed by atoms with Crippen LogP contribution in [0.3, 0.4) is 0 Å². The first-order valence-electron chi connectivity index (χ1n) is 9.00. The predicted molar refractivity (Wildman–Crippen MR) is 97.2 cm³/mol. The van der Waals surface area contributed by atoms with Crippen LogP contribution in [0.2, 0.25) is 0 Å². The molecule has 26 heavy (non-hydrogen) atoms. The van der Waals surface area contributed by atoms with Gasteiger partial charge in [0.05, 0.1) is 0 Å². The molecule has 1 aromatic carbocycles. The first kappa shape index (κ1) is 16.6. The van der Waals surface area contributed by atoms with Crippen molar-refractivity contribution in [2.75, 3.05) is 18.5 Å². The zero-order valence-corrected chi connectivity index (χ0v) is 14.7. The van der Waals surface area contributed by atoms with Crippen LogP contribution in [0.5, 0.6) is 11.5 Å². The molecule has 1 aliphatic heterocycles. The minimum absolute atomic E-state index is 0.146. The average molecular weight is 354 g/mol. The molecule has 1 amide bonds. The zero-order valence-electron chi connectivity index (χ0n) is 14.7. The largest absolute Gasteiger partial charge is 0.486 e. The Labute approximate surface area is 152 Å². The SMILES string of the molecule is Cc1nc(Nc2ccc3c(c2)OCCO3)cc(C(=O)NC2CCCC2)n1. The summed E-state index contributed by atoms with van der Waals surface area (Å²) in [5, 5.41) is 6.28. The van der Waals surface area contributed by atoms with E-state index >= 15 is 0 Å². The third-order valence-electron chi connectivity index (χ3n) is 4.58. The van der Waals surface area contributed by atoms with Crippen molar-refractivity contribution in [1.82, 2.24) is 15.3 Å². The summed E-state index contributed by atoms with van der Waals surface area (Å²) in [6.45, 7) is 2.88. The highest BCUT2D eigenvalue weighted by molar-refractivity contribution is 5.93. The van der Waals surface area contributed by atoms with Gasteiger partial charge in [-0.3, -0.25) is 4.79 Å². The molecule has 7 heteroatoms. The Morgan fingerprint density at radius 3 is 2.65 bits per heavy atom. The molecule has 0 radical (unpaired) electrons. The van der Waals surface area contributed by atoms with Gasteiger partial charge in [0.1, 0.15) is 30.5 Å². The molecular weight excluding hydrogens is 332 g/mol. The van der Waals surface area contributed by atoms with E-state index in [0.717, 1.165) is 24.3 Å². The zero-order chi connectivity index (χ0) is 17.9. The number of ether oxygens (including phenoxy) is 2. The van der Waals surface area contributed by atoms with E-state index in [2.05, 4.69) is 20.6 Å². The molecule has 7 nitrogen and oxygen atoms in total. The van der Waals surface area contributed by atoms with E-state index in [1.54, 1.807) is 13.0 Å². The molecule has 0 spiro atoms. The van der Waals surface area contributed by atoms with Gasteiger partial charge in [-0.2, -0.15) is 0 Å². The van der Waals surface area contributed by atoms with Crippen molar-refractivity contribution in [2.45, 2.75) is 38.6 Å². The number of nitrogens with one attached hydrogen (secondary N) is 2. The van der Waals surface area contributed by atoms with Crippen LogP contribution in [0.25, 0.3) is 0 Å². The van der Waals surface area contributed by atoms with Crippen molar-refractivity contribution < 1.29 is 14.3 Å². The van der Waals surface area contributed by atoms with Crippen molar-refractivity contribution in [2.24, 2.45) is 0 Å².